The van der Waals surface area contributed by atoms with Crippen molar-refractivity contribution in [1.29, 1.82) is 0 Å². The maximum Gasteiger partial charge on any atom is 0.271 e. The number of carbonyl (C=O) groups is 2. The number of fused-ring (bicyclic) bond motifs is 1. The molecule has 6 heteroatoms. The normalized spacial score (nSPS) is 22.6. The van der Waals surface area contributed by atoms with Crippen molar-refractivity contribution in [2.24, 2.45) is 5.92 Å². The van der Waals surface area contributed by atoms with Crippen LogP contribution >= 0.6 is 0 Å². The van der Waals surface area contributed by atoms with Gasteiger partial charge in [-0.25, -0.2) is 0 Å². The van der Waals surface area contributed by atoms with Gasteiger partial charge in [-0.15, -0.1) is 0 Å². The average molecular weight is 338 g/mol. The molecule has 1 aromatic heterocycles. The first kappa shape index (κ1) is 15.9. The molecule has 6 nitrogen and oxygen atoms in total. The van der Waals surface area contributed by atoms with Gasteiger partial charge in [0.25, 0.3) is 5.91 Å². The van der Waals surface area contributed by atoms with E-state index in [4.69, 9.17) is 0 Å². The summed E-state index contributed by atoms with van der Waals surface area (Å²) in [5, 5.41) is 10.2. The molecule has 0 saturated carbocycles. The Hall–Kier alpha value is -2.63. The lowest BCUT2D eigenvalue weighted by Crippen LogP contribution is -2.47. The number of hydrogen-bond donors (Lipinski definition) is 2. The van der Waals surface area contributed by atoms with E-state index in [0.717, 1.165) is 24.1 Å². The van der Waals surface area contributed by atoms with Crippen molar-refractivity contribution in [1.82, 2.24) is 20.4 Å². The predicted octanol–water partition coefficient (Wildman–Crippen LogP) is 1.99. The molecule has 2 saturated heterocycles. The molecule has 2 aliphatic heterocycles. The van der Waals surface area contributed by atoms with E-state index in [1.807, 2.05) is 23.1 Å². The average Bonchev–Trinajstić information content (AvgIpc) is 3.26. The summed E-state index contributed by atoms with van der Waals surface area (Å²) in [5.41, 5.74) is 3.55. The summed E-state index contributed by atoms with van der Waals surface area (Å²) in [4.78, 5) is 26.1. The SMILES string of the molecule is CCc1ccc(-c2cc(C(=O)N3CC[C@@H]4NC(=O)C[C@@H]4C3)[nH]n2)cc1. The molecule has 0 bridgehead atoms. The number of H-pyrrole nitrogens is 1. The molecule has 2 aliphatic rings. The third-order valence-corrected chi connectivity index (χ3v) is 5.28. The summed E-state index contributed by atoms with van der Waals surface area (Å²) in [6.45, 7) is 3.42. The highest BCUT2D eigenvalue weighted by Gasteiger charge is 2.38. The topological polar surface area (TPSA) is 78.1 Å². The largest absolute Gasteiger partial charge is 0.353 e. The number of aromatic nitrogens is 2. The lowest BCUT2D eigenvalue weighted by atomic mass is 9.93. The molecule has 3 heterocycles. The molecule has 2 N–H and O–H groups in total. The maximum atomic E-state index is 12.8. The van der Waals surface area contributed by atoms with Crippen molar-refractivity contribution in [2.45, 2.75) is 32.2 Å². The highest BCUT2D eigenvalue weighted by Crippen LogP contribution is 2.26. The first-order valence-electron chi connectivity index (χ1n) is 8.87. The Kier molecular flexibility index (Phi) is 4.03. The summed E-state index contributed by atoms with van der Waals surface area (Å²) >= 11 is 0. The highest BCUT2D eigenvalue weighted by molar-refractivity contribution is 5.93. The van der Waals surface area contributed by atoms with Crippen LogP contribution in [0.5, 0.6) is 0 Å². The van der Waals surface area contributed by atoms with E-state index in [1.54, 1.807) is 0 Å². The quantitative estimate of drug-likeness (QED) is 0.898. The van der Waals surface area contributed by atoms with Gasteiger partial charge >= 0.3 is 0 Å². The summed E-state index contributed by atoms with van der Waals surface area (Å²) in [6, 6.07) is 10.3. The predicted molar refractivity (Wildman–Crippen MR) is 94.0 cm³/mol. The van der Waals surface area contributed by atoms with Gasteiger partial charge < -0.3 is 10.2 Å². The van der Waals surface area contributed by atoms with Gasteiger partial charge in [0.1, 0.15) is 5.69 Å². The maximum absolute atomic E-state index is 12.8. The van der Waals surface area contributed by atoms with Gasteiger partial charge in [-0.2, -0.15) is 5.10 Å². The monoisotopic (exact) mass is 338 g/mol. The fourth-order valence-corrected chi connectivity index (χ4v) is 3.78. The number of piperidine rings is 1. The first-order valence-corrected chi connectivity index (χ1v) is 8.87. The van der Waals surface area contributed by atoms with Crippen LogP contribution in [-0.4, -0.2) is 46.0 Å². The van der Waals surface area contributed by atoms with E-state index < -0.39 is 0 Å². The van der Waals surface area contributed by atoms with Crippen LogP contribution in [0.4, 0.5) is 0 Å². The molecule has 2 amide bonds. The van der Waals surface area contributed by atoms with Crippen LogP contribution < -0.4 is 5.32 Å². The van der Waals surface area contributed by atoms with Crippen molar-refractivity contribution >= 4 is 11.8 Å². The van der Waals surface area contributed by atoms with Crippen molar-refractivity contribution in [3.8, 4) is 11.3 Å². The van der Waals surface area contributed by atoms with E-state index >= 15 is 0 Å². The van der Waals surface area contributed by atoms with Crippen LogP contribution in [0.3, 0.4) is 0 Å². The molecule has 0 unspecified atom stereocenters. The van der Waals surface area contributed by atoms with Gasteiger partial charge in [-0.1, -0.05) is 31.2 Å². The van der Waals surface area contributed by atoms with Crippen molar-refractivity contribution in [3.63, 3.8) is 0 Å². The fraction of sp³-hybridized carbons (Fsp3) is 0.421. The molecular weight excluding hydrogens is 316 g/mol. The standard InChI is InChI=1S/C19H22N4O2/c1-2-12-3-5-13(6-4-12)16-10-17(22-21-16)19(25)23-8-7-15-14(11-23)9-18(24)20-15/h3-6,10,14-15H,2,7-9,11H2,1H3,(H,20,24)(H,21,22)/t14-,15+/m1/s1. The Morgan fingerprint density at radius 2 is 2.12 bits per heavy atom. The Labute approximate surface area is 146 Å². The number of nitrogens with one attached hydrogen (secondary N) is 2. The van der Waals surface area contributed by atoms with Crippen LogP contribution in [0.15, 0.2) is 30.3 Å². The minimum absolute atomic E-state index is 0.0401. The van der Waals surface area contributed by atoms with Crippen molar-refractivity contribution < 1.29 is 9.59 Å². The Balaban J connectivity index is 1.47. The van der Waals surface area contributed by atoms with E-state index in [-0.39, 0.29) is 23.8 Å². The molecule has 130 valence electrons. The Morgan fingerprint density at radius 3 is 2.88 bits per heavy atom. The number of benzene rings is 1. The molecule has 2 atom stereocenters. The zero-order chi connectivity index (χ0) is 17.4. The lowest BCUT2D eigenvalue weighted by molar-refractivity contribution is -0.119. The van der Waals surface area contributed by atoms with E-state index in [0.29, 0.717) is 25.2 Å². The van der Waals surface area contributed by atoms with Gasteiger partial charge in [-0.05, 0) is 24.5 Å². The smallest absolute Gasteiger partial charge is 0.271 e. The third-order valence-electron chi connectivity index (χ3n) is 5.28. The van der Waals surface area contributed by atoms with E-state index in [1.165, 1.54) is 5.56 Å². The number of hydrogen-bond acceptors (Lipinski definition) is 3. The summed E-state index contributed by atoms with van der Waals surface area (Å²) in [5.74, 6) is 0.291. The second-order valence-electron chi connectivity index (χ2n) is 6.90. The minimum atomic E-state index is -0.0401. The summed E-state index contributed by atoms with van der Waals surface area (Å²) < 4.78 is 0. The highest BCUT2D eigenvalue weighted by atomic mass is 16.2. The van der Waals surface area contributed by atoms with Gasteiger partial charge in [0, 0.05) is 37.0 Å². The van der Waals surface area contributed by atoms with Gasteiger partial charge in [0.15, 0.2) is 0 Å². The third kappa shape index (κ3) is 3.04. The molecule has 0 spiro atoms. The second kappa shape index (κ2) is 6.35. The molecular formula is C19H22N4O2. The van der Waals surface area contributed by atoms with Crippen LogP contribution in [0, 0.1) is 5.92 Å². The summed E-state index contributed by atoms with van der Waals surface area (Å²) in [7, 11) is 0. The van der Waals surface area contributed by atoms with Crippen LogP contribution in [0.2, 0.25) is 0 Å². The zero-order valence-electron chi connectivity index (χ0n) is 14.3. The molecule has 4 rings (SSSR count). The summed E-state index contributed by atoms with van der Waals surface area (Å²) in [6.07, 6.45) is 2.34. The minimum Gasteiger partial charge on any atom is -0.353 e. The number of rotatable bonds is 3. The number of likely N-dealkylation sites (tertiary alicyclic amines) is 1. The van der Waals surface area contributed by atoms with E-state index in [9.17, 15) is 9.59 Å². The molecule has 25 heavy (non-hydrogen) atoms. The van der Waals surface area contributed by atoms with Gasteiger partial charge in [0.05, 0.1) is 5.69 Å². The lowest BCUT2D eigenvalue weighted by Gasteiger charge is -2.33. The van der Waals surface area contributed by atoms with Crippen LogP contribution in [-0.2, 0) is 11.2 Å². The Morgan fingerprint density at radius 1 is 1.32 bits per heavy atom. The number of amides is 2. The number of aromatic amines is 1. The van der Waals surface area contributed by atoms with Gasteiger partial charge in [0.2, 0.25) is 5.91 Å². The number of nitrogens with zero attached hydrogens (tertiary/aromatic N) is 2. The Bertz CT molecular complexity index is 796. The second-order valence-corrected chi connectivity index (χ2v) is 6.90. The van der Waals surface area contributed by atoms with Gasteiger partial charge in [-0.3, -0.25) is 14.7 Å². The van der Waals surface area contributed by atoms with Crippen molar-refractivity contribution in [2.75, 3.05) is 13.1 Å². The molecule has 0 radical (unpaired) electrons. The number of aryl methyl sites for hydroxylation is 1. The number of carbonyl (C=O) groups excluding carboxylic acids is 2. The first-order chi connectivity index (χ1) is 12.1. The molecule has 1 aromatic carbocycles. The van der Waals surface area contributed by atoms with Crippen molar-refractivity contribution in [3.05, 3.63) is 41.6 Å². The fourth-order valence-electron chi connectivity index (χ4n) is 3.78. The van der Waals surface area contributed by atoms with Crippen LogP contribution in [0.1, 0.15) is 35.8 Å². The zero-order valence-corrected chi connectivity index (χ0v) is 14.3. The van der Waals surface area contributed by atoms with E-state index in [2.05, 4.69) is 34.6 Å². The molecule has 2 aromatic rings. The van der Waals surface area contributed by atoms with Crippen LogP contribution in [0.25, 0.3) is 11.3 Å². The molecule has 0 aliphatic carbocycles. The molecule has 2 fully saturated rings.